The van der Waals surface area contributed by atoms with Crippen LogP contribution < -0.4 is 0 Å². The Bertz CT molecular complexity index is 724. The third kappa shape index (κ3) is 2.99. The molecule has 0 N–H and O–H groups in total. The molecule has 1 amide bonds. The second-order valence-electron chi connectivity index (χ2n) is 7.08. The van der Waals surface area contributed by atoms with Crippen molar-refractivity contribution in [3.05, 3.63) is 59.5 Å². The Kier molecular flexibility index (Phi) is 4.62. The van der Waals surface area contributed by atoms with E-state index in [0.29, 0.717) is 11.8 Å². The van der Waals surface area contributed by atoms with Crippen LogP contribution in [0.2, 0.25) is 0 Å². The number of furan rings is 1. The van der Waals surface area contributed by atoms with Crippen molar-refractivity contribution in [2.45, 2.75) is 38.1 Å². The number of hydrogen-bond acceptors (Lipinski definition) is 3. The van der Waals surface area contributed by atoms with Crippen LogP contribution in [0, 0.1) is 5.92 Å². The van der Waals surface area contributed by atoms with Gasteiger partial charge in [0.05, 0.1) is 18.4 Å². The van der Waals surface area contributed by atoms with E-state index in [0.717, 1.165) is 50.3 Å². The quantitative estimate of drug-likeness (QED) is 0.849. The molecule has 2 aliphatic heterocycles. The first-order valence-electron chi connectivity index (χ1n) is 9.29. The SMILES string of the molecule is CCCc1occc1C(=O)N1CC(c2ccccc2)C2COCCC21. The predicted molar refractivity (Wildman–Crippen MR) is 95.6 cm³/mol. The van der Waals surface area contributed by atoms with E-state index in [-0.39, 0.29) is 11.9 Å². The van der Waals surface area contributed by atoms with Crippen LogP contribution in [0.15, 0.2) is 47.1 Å². The standard InChI is InChI=1S/C21H25NO3/c1-2-6-20-16(9-12-25-20)21(23)22-13-17(15-7-4-3-5-8-15)18-14-24-11-10-19(18)22/h3-5,7-9,12,17-19H,2,6,10-11,13-14H2,1H3. The molecule has 3 unspecified atom stereocenters. The molecule has 2 aliphatic rings. The Hall–Kier alpha value is -2.07. The molecule has 0 saturated carbocycles. The number of benzene rings is 1. The number of aryl methyl sites for hydroxylation is 1. The molecule has 0 radical (unpaired) electrons. The first-order chi connectivity index (χ1) is 12.3. The second kappa shape index (κ2) is 7.04. The van der Waals surface area contributed by atoms with E-state index in [4.69, 9.17) is 9.15 Å². The largest absolute Gasteiger partial charge is 0.469 e. The van der Waals surface area contributed by atoms with Gasteiger partial charge in [0.15, 0.2) is 0 Å². The van der Waals surface area contributed by atoms with Gasteiger partial charge >= 0.3 is 0 Å². The van der Waals surface area contributed by atoms with Crippen LogP contribution in [0.5, 0.6) is 0 Å². The Balaban J connectivity index is 1.63. The number of rotatable bonds is 4. The summed E-state index contributed by atoms with van der Waals surface area (Å²) in [6.45, 7) is 4.34. The van der Waals surface area contributed by atoms with Gasteiger partial charge in [-0.1, -0.05) is 37.3 Å². The molecule has 25 heavy (non-hydrogen) atoms. The van der Waals surface area contributed by atoms with Crippen molar-refractivity contribution in [2.75, 3.05) is 19.8 Å². The maximum Gasteiger partial charge on any atom is 0.257 e. The highest BCUT2D eigenvalue weighted by Gasteiger charge is 2.46. The van der Waals surface area contributed by atoms with Crippen LogP contribution in [0.3, 0.4) is 0 Å². The van der Waals surface area contributed by atoms with Crippen molar-refractivity contribution < 1.29 is 13.9 Å². The highest BCUT2D eigenvalue weighted by Crippen LogP contribution is 2.41. The van der Waals surface area contributed by atoms with Crippen molar-refractivity contribution in [1.82, 2.24) is 4.90 Å². The summed E-state index contributed by atoms with van der Waals surface area (Å²) in [5, 5.41) is 0. The molecule has 2 fully saturated rings. The number of hydrogen-bond donors (Lipinski definition) is 0. The topological polar surface area (TPSA) is 42.7 Å². The van der Waals surface area contributed by atoms with Gasteiger partial charge in [-0.15, -0.1) is 0 Å². The molecule has 0 aliphatic carbocycles. The summed E-state index contributed by atoms with van der Waals surface area (Å²) in [5.74, 6) is 1.66. The van der Waals surface area contributed by atoms with Crippen LogP contribution in [0.1, 0.15) is 47.4 Å². The number of carbonyl (C=O) groups excluding carboxylic acids is 1. The molecule has 0 bridgehead atoms. The van der Waals surface area contributed by atoms with Gasteiger partial charge in [-0.3, -0.25) is 4.79 Å². The van der Waals surface area contributed by atoms with E-state index in [1.54, 1.807) is 6.26 Å². The lowest BCUT2D eigenvalue weighted by atomic mass is 9.84. The lowest BCUT2D eigenvalue weighted by molar-refractivity contribution is 0.0188. The Morgan fingerprint density at radius 3 is 2.88 bits per heavy atom. The fraction of sp³-hybridized carbons (Fsp3) is 0.476. The third-order valence-corrected chi connectivity index (χ3v) is 5.61. The van der Waals surface area contributed by atoms with Crippen molar-refractivity contribution >= 4 is 5.91 Å². The number of carbonyl (C=O) groups is 1. The van der Waals surface area contributed by atoms with Gasteiger partial charge in [0.25, 0.3) is 5.91 Å². The first kappa shape index (κ1) is 16.4. The lowest BCUT2D eigenvalue weighted by Crippen LogP contribution is -2.42. The fourth-order valence-corrected chi connectivity index (χ4v) is 4.40. The van der Waals surface area contributed by atoms with Crippen molar-refractivity contribution in [3.63, 3.8) is 0 Å². The summed E-state index contributed by atoms with van der Waals surface area (Å²) >= 11 is 0. The summed E-state index contributed by atoms with van der Waals surface area (Å²) in [6.07, 6.45) is 4.34. The molecular formula is C21H25NO3. The van der Waals surface area contributed by atoms with E-state index in [1.165, 1.54) is 5.56 Å². The normalized spacial score (nSPS) is 25.8. The summed E-state index contributed by atoms with van der Waals surface area (Å²) in [4.78, 5) is 15.3. The number of ether oxygens (including phenoxy) is 1. The first-order valence-corrected chi connectivity index (χ1v) is 9.29. The number of fused-ring (bicyclic) bond motifs is 1. The number of amides is 1. The van der Waals surface area contributed by atoms with Crippen molar-refractivity contribution in [1.29, 1.82) is 0 Å². The summed E-state index contributed by atoms with van der Waals surface area (Å²) in [7, 11) is 0. The molecule has 2 saturated heterocycles. The van der Waals surface area contributed by atoms with E-state index in [9.17, 15) is 4.79 Å². The number of nitrogens with zero attached hydrogens (tertiary/aromatic N) is 1. The zero-order valence-electron chi connectivity index (χ0n) is 14.7. The van der Waals surface area contributed by atoms with E-state index < -0.39 is 0 Å². The molecule has 3 atom stereocenters. The lowest BCUT2D eigenvalue weighted by Gasteiger charge is -2.32. The van der Waals surface area contributed by atoms with Crippen LogP contribution in [-0.4, -0.2) is 36.6 Å². The zero-order chi connectivity index (χ0) is 17.2. The van der Waals surface area contributed by atoms with Crippen LogP contribution in [0.4, 0.5) is 0 Å². The molecule has 3 heterocycles. The van der Waals surface area contributed by atoms with Gasteiger partial charge < -0.3 is 14.1 Å². The Morgan fingerprint density at radius 2 is 2.08 bits per heavy atom. The van der Waals surface area contributed by atoms with Crippen LogP contribution >= 0.6 is 0 Å². The monoisotopic (exact) mass is 339 g/mol. The number of likely N-dealkylation sites (tertiary alicyclic amines) is 1. The smallest absolute Gasteiger partial charge is 0.257 e. The average molecular weight is 339 g/mol. The van der Waals surface area contributed by atoms with Gasteiger partial charge in [0.1, 0.15) is 5.76 Å². The fourth-order valence-electron chi connectivity index (χ4n) is 4.40. The molecular weight excluding hydrogens is 314 g/mol. The van der Waals surface area contributed by atoms with Crippen molar-refractivity contribution in [3.8, 4) is 0 Å². The summed E-state index contributed by atoms with van der Waals surface area (Å²) in [6, 6.07) is 12.6. The minimum atomic E-state index is 0.118. The highest BCUT2D eigenvalue weighted by atomic mass is 16.5. The minimum Gasteiger partial charge on any atom is -0.469 e. The van der Waals surface area contributed by atoms with Gasteiger partial charge in [-0.25, -0.2) is 0 Å². The predicted octanol–water partition coefficient (Wildman–Crippen LogP) is 3.88. The van der Waals surface area contributed by atoms with Gasteiger partial charge in [0, 0.05) is 37.5 Å². The molecule has 132 valence electrons. The molecule has 0 spiro atoms. The average Bonchev–Trinajstić information content (AvgIpc) is 3.27. The van der Waals surface area contributed by atoms with E-state index in [1.807, 2.05) is 12.1 Å². The third-order valence-electron chi connectivity index (χ3n) is 5.61. The maximum absolute atomic E-state index is 13.3. The van der Waals surface area contributed by atoms with Gasteiger partial charge in [-0.2, -0.15) is 0 Å². The van der Waals surface area contributed by atoms with E-state index >= 15 is 0 Å². The Morgan fingerprint density at radius 1 is 1.24 bits per heavy atom. The molecule has 4 heteroatoms. The molecule has 1 aromatic heterocycles. The molecule has 4 nitrogen and oxygen atoms in total. The zero-order valence-corrected chi connectivity index (χ0v) is 14.7. The summed E-state index contributed by atoms with van der Waals surface area (Å²) in [5.41, 5.74) is 2.04. The van der Waals surface area contributed by atoms with Gasteiger partial charge in [0.2, 0.25) is 0 Å². The van der Waals surface area contributed by atoms with Gasteiger partial charge in [-0.05, 0) is 24.5 Å². The highest BCUT2D eigenvalue weighted by molar-refractivity contribution is 5.95. The van der Waals surface area contributed by atoms with Crippen molar-refractivity contribution in [2.24, 2.45) is 5.92 Å². The second-order valence-corrected chi connectivity index (χ2v) is 7.08. The van der Waals surface area contributed by atoms with Crippen LogP contribution in [-0.2, 0) is 11.2 Å². The van der Waals surface area contributed by atoms with Crippen LogP contribution in [0.25, 0.3) is 0 Å². The summed E-state index contributed by atoms with van der Waals surface area (Å²) < 4.78 is 11.3. The van der Waals surface area contributed by atoms with E-state index in [2.05, 4.69) is 36.1 Å². The Labute approximate surface area is 148 Å². The minimum absolute atomic E-state index is 0.118. The maximum atomic E-state index is 13.3. The molecule has 4 rings (SSSR count). The molecule has 1 aromatic carbocycles. The molecule has 2 aromatic rings.